The van der Waals surface area contributed by atoms with Gasteiger partial charge in [-0.05, 0) is 50.5 Å². The molecule has 7 heteroatoms. The third kappa shape index (κ3) is 5.20. The van der Waals surface area contributed by atoms with E-state index in [1.165, 1.54) is 32.2 Å². The molecular weight excluding hydrogens is 390 g/mol. The summed E-state index contributed by atoms with van der Waals surface area (Å²) in [5.41, 5.74) is 1.13. The van der Waals surface area contributed by atoms with E-state index in [4.69, 9.17) is 4.74 Å². The number of pyridine rings is 1. The van der Waals surface area contributed by atoms with Crippen molar-refractivity contribution in [3.05, 3.63) is 17.8 Å². The van der Waals surface area contributed by atoms with Crippen molar-refractivity contribution in [2.45, 2.75) is 77.4 Å². The van der Waals surface area contributed by atoms with Crippen LogP contribution in [0.25, 0.3) is 11.0 Å². The zero-order valence-corrected chi connectivity index (χ0v) is 19.3. The standard InChI is InChI=1S/C24H37N5O2/c1-4-19(5-2)31-21-11-10-20-22(27-28(3)23(20)26-21)24(30)25-18-12-14-29(15-13-18)16-17-8-6-7-9-17/h10-11,17-19H,4-9,12-16H2,1-3H3,(H,25,30). The molecule has 0 radical (unpaired) electrons. The molecule has 2 aliphatic rings. The minimum atomic E-state index is -0.102. The second-order valence-corrected chi connectivity index (χ2v) is 9.25. The van der Waals surface area contributed by atoms with Gasteiger partial charge in [-0.2, -0.15) is 10.1 Å². The van der Waals surface area contributed by atoms with Gasteiger partial charge in [0, 0.05) is 38.8 Å². The first-order valence-corrected chi connectivity index (χ1v) is 12.1. The molecule has 1 aliphatic carbocycles. The number of carbonyl (C=O) groups is 1. The SMILES string of the molecule is CCC(CC)Oc1ccc2c(C(=O)NC3CCN(CC4CCCC4)CC3)nn(C)c2n1. The molecule has 170 valence electrons. The Morgan fingerprint density at radius 1 is 1.16 bits per heavy atom. The second kappa shape index (κ2) is 9.98. The summed E-state index contributed by atoms with van der Waals surface area (Å²) in [6, 6.07) is 3.97. The number of aromatic nitrogens is 3. The van der Waals surface area contributed by atoms with E-state index >= 15 is 0 Å². The molecule has 2 aromatic heterocycles. The zero-order chi connectivity index (χ0) is 21.8. The Labute approximate surface area is 185 Å². The first-order valence-electron chi connectivity index (χ1n) is 12.1. The van der Waals surface area contributed by atoms with Crippen molar-refractivity contribution in [1.29, 1.82) is 0 Å². The summed E-state index contributed by atoms with van der Waals surface area (Å²) < 4.78 is 7.64. The number of nitrogens with one attached hydrogen (secondary N) is 1. The van der Waals surface area contributed by atoms with Gasteiger partial charge in [-0.15, -0.1) is 0 Å². The maximum Gasteiger partial charge on any atom is 0.272 e. The highest BCUT2D eigenvalue weighted by Gasteiger charge is 2.26. The molecule has 2 fully saturated rings. The molecule has 0 aromatic carbocycles. The quantitative estimate of drug-likeness (QED) is 0.691. The van der Waals surface area contributed by atoms with Crippen LogP contribution >= 0.6 is 0 Å². The molecule has 0 spiro atoms. The van der Waals surface area contributed by atoms with Gasteiger partial charge < -0.3 is 15.0 Å². The number of rotatable bonds is 8. The van der Waals surface area contributed by atoms with Crippen LogP contribution in [-0.4, -0.2) is 57.4 Å². The fraction of sp³-hybridized carbons (Fsp3) is 0.708. The maximum absolute atomic E-state index is 13.0. The van der Waals surface area contributed by atoms with E-state index < -0.39 is 0 Å². The number of likely N-dealkylation sites (tertiary alicyclic amines) is 1. The molecular formula is C24H37N5O2. The Morgan fingerprint density at radius 3 is 2.55 bits per heavy atom. The summed E-state index contributed by atoms with van der Waals surface area (Å²) in [4.78, 5) is 20.2. The van der Waals surface area contributed by atoms with Gasteiger partial charge in [0.05, 0.1) is 11.5 Å². The van der Waals surface area contributed by atoms with Crippen LogP contribution in [0.4, 0.5) is 0 Å². The summed E-state index contributed by atoms with van der Waals surface area (Å²) in [6.45, 7) is 7.60. The van der Waals surface area contributed by atoms with Crippen LogP contribution in [0, 0.1) is 5.92 Å². The van der Waals surface area contributed by atoms with Gasteiger partial charge in [-0.25, -0.2) is 4.68 Å². The summed E-state index contributed by atoms with van der Waals surface area (Å²) in [6.07, 6.45) is 9.63. The lowest BCUT2D eigenvalue weighted by atomic mass is 10.0. The number of aryl methyl sites for hydroxylation is 1. The van der Waals surface area contributed by atoms with Crippen LogP contribution in [0.2, 0.25) is 0 Å². The molecule has 1 amide bonds. The molecule has 4 rings (SSSR count). The molecule has 1 aliphatic heterocycles. The number of carbonyl (C=O) groups excluding carboxylic acids is 1. The summed E-state index contributed by atoms with van der Waals surface area (Å²) in [7, 11) is 1.83. The predicted octanol–water partition coefficient (Wildman–Crippen LogP) is 3.92. The Kier molecular flexibility index (Phi) is 7.10. The number of hydrogen-bond acceptors (Lipinski definition) is 5. The van der Waals surface area contributed by atoms with Gasteiger partial charge in [0.15, 0.2) is 11.3 Å². The van der Waals surface area contributed by atoms with Crippen molar-refractivity contribution in [2.75, 3.05) is 19.6 Å². The van der Waals surface area contributed by atoms with Crippen LogP contribution in [-0.2, 0) is 7.05 Å². The van der Waals surface area contributed by atoms with E-state index in [0.717, 1.165) is 50.1 Å². The molecule has 0 atom stereocenters. The monoisotopic (exact) mass is 427 g/mol. The molecule has 3 heterocycles. The molecule has 0 unspecified atom stereocenters. The molecule has 31 heavy (non-hydrogen) atoms. The van der Waals surface area contributed by atoms with Gasteiger partial charge in [0.25, 0.3) is 5.91 Å². The second-order valence-electron chi connectivity index (χ2n) is 9.25. The summed E-state index contributed by atoms with van der Waals surface area (Å²) in [5.74, 6) is 1.37. The van der Waals surface area contributed by atoms with E-state index in [2.05, 4.69) is 34.1 Å². The van der Waals surface area contributed by atoms with E-state index in [1.54, 1.807) is 4.68 Å². The highest BCUT2D eigenvalue weighted by Crippen LogP contribution is 2.27. The Hall–Kier alpha value is -2.15. The van der Waals surface area contributed by atoms with E-state index in [0.29, 0.717) is 17.2 Å². The highest BCUT2D eigenvalue weighted by atomic mass is 16.5. The average molecular weight is 428 g/mol. The van der Waals surface area contributed by atoms with Gasteiger partial charge in [0.1, 0.15) is 0 Å². The van der Waals surface area contributed by atoms with Gasteiger partial charge >= 0.3 is 0 Å². The maximum atomic E-state index is 13.0. The molecule has 0 bridgehead atoms. The van der Waals surface area contributed by atoms with Gasteiger partial charge in [-0.3, -0.25) is 4.79 Å². The number of hydrogen-bond donors (Lipinski definition) is 1. The van der Waals surface area contributed by atoms with Crippen LogP contribution in [0.15, 0.2) is 12.1 Å². The average Bonchev–Trinajstić information content (AvgIpc) is 3.41. The first-order chi connectivity index (χ1) is 15.1. The fourth-order valence-corrected chi connectivity index (χ4v) is 5.04. The summed E-state index contributed by atoms with van der Waals surface area (Å²) in [5, 5.41) is 8.47. The van der Waals surface area contributed by atoms with Crippen LogP contribution in [0.5, 0.6) is 5.88 Å². The van der Waals surface area contributed by atoms with Crippen molar-refractivity contribution in [3.63, 3.8) is 0 Å². The molecule has 7 nitrogen and oxygen atoms in total. The third-order valence-electron chi connectivity index (χ3n) is 6.99. The molecule has 2 aromatic rings. The largest absolute Gasteiger partial charge is 0.474 e. The van der Waals surface area contributed by atoms with Crippen molar-refractivity contribution >= 4 is 16.9 Å². The van der Waals surface area contributed by atoms with Crippen molar-refractivity contribution in [3.8, 4) is 5.88 Å². The summed E-state index contributed by atoms with van der Waals surface area (Å²) >= 11 is 0. The first kappa shape index (κ1) is 22.1. The minimum Gasteiger partial charge on any atom is -0.474 e. The minimum absolute atomic E-state index is 0.102. The zero-order valence-electron chi connectivity index (χ0n) is 19.3. The van der Waals surface area contributed by atoms with Crippen LogP contribution < -0.4 is 10.1 Å². The van der Waals surface area contributed by atoms with E-state index in [-0.39, 0.29) is 18.1 Å². The van der Waals surface area contributed by atoms with Gasteiger partial charge in [-0.1, -0.05) is 26.7 Å². The molecule has 1 saturated heterocycles. The highest BCUT2D eigenvalue weighted by molar-refractivity contribution is 6.04. The normalized spacial score (nSPS) is 18.8. The number of piperidine rings is 1. The number of fused-ring (bicyclic) bond motifs is 1. The van der Waals surface area contributed by atoms with Crippen molar-refractivity contribution in [1.82, 2.24) is 25.0 Å². The lowest BCUT2D eigenvalue weighted by Gasteiger charge is -2.33. The van der Waals surface area contributed by atoms with Crippen LogP contribution in [0.1, 0.15) is 75.7 Å². The fourth-order valence-electron chi connectivity index (χ4n) is 5.04. The van der Waals surface area contributed by atoms with Crippen molar-refractivity contribution in [2.24, 2.45) is 13.0 Å². The van der Waals surface area contributed by atoms with Gasteiger partial charge in [0.2, 0.25) is 5.88 Å². The smallest absolute Gasteiger partial charge is 0.272 e. The number of amides is 1. The number of nitrogens with zero attached hydrogens (tertiary/aromatic N) is 4. The van der Waals surface area contributed by atoms with E-state index in [9.17, 15) is 4.79 Å². The lowest BCUT2D eigenvalue weighted by Crippen LogP contribution is -2.45. The Bertz CT molecular complexity index is 877. The number of ether oxygens (including phenoxy) is 1. The lowest BCUT2D eigenvalue weighted by molar-refractivity contribution is 0.0901. The third-order valence-corrected chi connectivity index (χ3v) is 6.99. The molecule has 1 N–H and O–H groups in total. The molecule has 1 saturated carbocycles. The predicted molar refractivity (Wildman–Crippen MR) is 122 cm³/mol. The van der Waals surface area contributed by atoms with Crippen LogP contribution in [0.3, 0.4) is 0 Å². The van der Waals surface area contributed by atoms with Crippen molar-refractivity contribution < 1.29 is 9.53 Å². The Balaban J connectivity index is 1.36. The Morgan fingerprint density at radius 2 is 1.87 bits per heavy atom. The topological polar surface area (TPSA) is 72.3 Å². The van der Waals surface area contributed by atoms with E-state index in [1.807, 2.05) is 19.2 Å².